The van der Waals surface area contributed by atoms with Crippen LogP contribution >= 0.6 is 11.3 Å². The van der Waals surface area contributed by atoms with Gasteiger partial charge in [0.15, 0.2) is 6.10 Å². The summed E-state index contributed by atoms with van der Waals surface area (Å²) in [5.41, 5.74) is 1.08. The summed E-state index contributed by atoms with van der Waals surface area (Å²) in [5.74, 6) is 1.51. The number of likely N-dealkylation sites (N-methyl/N-ethyl adjacent to an activating group) is 1. The summed E-state index contributed by atoms with van der Waals surface area (Å²) in [6, 6.07) is 11.5. The Labute approximate surface area is 156 Å². The van der Waals surface area contributed by atoms with Gasteiger partial charge in [-0.05, 0) is 49.9 Å². The first kappa shape index (κ1) is 18.1. The van der Waals surface area contributed by atoms with Crippen LogP contribution in [0.25, 0.3) is 10.7 Å². The Bertz CT molecular complexity index is 861. The summed E-state index contributed by atoms with van der Waals surface area (Å²) in [5, 5.41) is 5.94. The van der Waals surface area contributed by atoms with Crippen molar-refractivity contribution in [3.63, 3.8) is 0 Å². The Kier molecular flexibility index (Phi) is 5.68. The zero-order chi connectivity index (χ0) is 18.5. The van der Waals surface area contributed by atoms with E-state index in [9.17, 15) is 4.79 Å². The average molecular weight is 371 g/mol. The van der Waals surface area contributed by atoms with Crippen LogP contribution in [-0.2, 0) is 11.3 Å². The van der Waals surface area contributed by atoms with Gasteiger partial charge in [0.2, 0.25) is 11.7 Å². The molecule has 0 bridgehead atoms. The molecule has 0 saturated heterocycles. The van der Waals surface area contributed by atoms with Gasteiger partial charge in [-0.3, -0.25) is 4.79 Å². The van der Waals surface area contributed by atoms with Gasteiger partial charge in [-0.2, -0.15) is 4.98 Å². The van der Waals surface area contributed by atoms with Crippen molar-refractivity contribution in [2.75, 3.05) is 6.54 Å². The van der Waals surface area contributed by atoms with E-state index in [4.69, 9.17) is 9.26 Å². The molecule has 6 nitrogen and oxygen atoms in total. The quantitative estimate of drug-likeness (QED) is 0.630. The van der Waals surface area contributed by atoms with Gasteiger partial charge in [0, 0.05) is 6.54 Å². The molecule has 3 rings (SSSR count). The predicted molar refractivity (Wildman–Crippen MR) is 100.0 cm³/mol. The van der Waals surface area contributed by atoms with E-state index in [1.54, 1.807) is 23.2 Å². The van der Waals surface area contributed by atoms with Crippen molar-refractivity contribution in [2.45, 2.75) is 33.4 Å². The zero-order valence-electron chi connectivity index (χ0n) is 15.0. The highest BCUT2D eigenvalue weighted by atomic mass is 32.1. The van der Waals surface area contributed by atoms with Crippen molar-refractivity contribution in [3.8, 4) is 16.5 Å². The number of nitrogens with zero attached hydrogens (tertiary/aromatic N) is 3. The van der Waals surface area contributed by atoms with E-state index in [2.05, 4.69) is 10.1 Å². The Morgan fingerprint density at radius 1 is 1.35 bits per heavy atom. The Balaban J connectivity index is 1.65. The lowest BCUT2D eigenvalue weighted by Gasteiger charge is -2.23. The molecule has 2 aromatic heterocycles. The van der Waals surface area contributed by atoms with Crippen LogP contribution < -0.4 is 4.74 Å². The number of benzene rings is 1. The average Bonchev–Trinajstić information content (AvgIpc) is 3.30. The Morgan fingerprint density at radius 2 is 2.19 bits per heavy atom. The molecule has 7 heteroatoms. The first-order valence-electron chi connectivity index (χ1n) is 8.45. The Hall–Kier alpha value is -2.67. The standard InChI is InChI=1S/C19H21N3O3S/c1-4-22(12-17-20-18(21-25-17)16-9-6-10-26-16)19(23)14(3)24-15-8-5-7-13(2)11-15/h5-11,14H,4,12H2,1-3H3/t14-/m1/s1. The number of thiophene rings is 1. The molecule has 1 amide bonds. The zero-order valence-corrected chi connectivity index (χ0v) is 15.8. The monoisotopic (exact) mass is 371 g/mol. The summed E-state index contributed by atoms with van der Waals surface area (Å²) in [4.78, 5) is 19.7. The lowest BCUT2D eigenvalue weighted by Crippen LogP contribution is -2.40. The van der Waals surface area contributed by atoms with Crippen molar-refractivity contribution < 1.29 is 14.1 Å². The van der Waals surface area contributed by atoms with E-state index in [-0.39, 0.29) is 12.5 Å². The molecule has 26 heavy (non-hydrogen) atoms. The first-order chi connectivity index (χ1) is 12.6. The van der Waals surface area contributed by atoms with Crippen molar-refractivity contribution in [2.24, 2.45) is 0 Å². The molecule has 3 aromatic rings. The molecule has 0 fully saturated rings. The first-order valence-corrected chi connectivity index (χ1v) is 9.33. The van der Waals surface area contributed by atoms with Gasteiger partial charge in [-0.1, -0.05) is 23.4 Å². The van der Waals surface area contributed by atoms with Gasteiger partial charge in [-0.25, -0.2) is 0 Å². The molecule has 0 aliphatic carbocycles. The van der Waals surface area contributed by atoms with E-state index in [1.807, 2.05) is 55.6 Å². The van der Waals surface area contributed by atoms with Crippen LogP contribution in [0.1, 0.15) is 25.3 Å². The van der Waals surface area contributed by atoms with Crippen molar-refractivity contribution in [1.29, 1.82) is 0 Å². The lowest BCUT2D eigenvalue weighted by molar-refractivity contribution is -0.138. The number of hydrogen-bond acceptors (Lipinski definition) is 6. The summed E-state index contributed by atoms with van der Waals surface area (Å²) in [7, 11) is 0. The normalized spacial score (nSPS) is 12.0. The minimum Gasteiger partial charge on any atom is -0.481 e. The highest BCUT2D eigenvalue weighted by Gasteiger charge is 2.23. The van der Waals surface area contributed by atoms with Crippen LogP contribution in [0, 0.1) is 6.92 Å². The fraction of sp³-hybridized carbons (Fsp3) is 0.316. The Morgan fingerprint density at radius 3 is 2.88 bits per heavy atom. The molecule has 0 saturated carbocycles. The minimum atomic E-state index is -0.601. The third-order valence-electron chi connectivity index (χ3n) is 3.88. The maximum absolute atomic E-state index is 12.7. The maximum Gasteiger partial charge on any atom is 0.263 e. The van der Waals surface area contributed by atoms with Gasteiger partial charge in [-0.15, -0.1) is 11.3 Å². The van der Waals surface area contributed by atoms with Gasteiger partial charge in [0.05, 0.1) is 4.88 Å². The van der Waals surface area contributed by atoms with Crippen LogP contribution in [-0.4, -0.2) is 33.6 Å². The SMILES string of the molecule is CCN(Cc1nc(-c2cccs2)no1)C(=O)[C@@H](C)Oc1cccc(C)c1. The van der Waals surface area contributed by atoms with Crippen LogP contribution in [0.5, 0.6) is 5.75 Å². The lowest BCUT2D eigenvalue weighted by atomic mass is 10.2. The van der Waals surface area contributed by atoms with Crippen LogP contribution in [0.15, 0.2) is 46.3 Å². The second-order valence-corrected chi connectivity index (χ2v) is 6.87. The third-order valence-corrected chi connectivity index (χ3v) is 4.75. The van der Waals surface area contributed by atoms with Gasteiger partial charge < -0.3 is 14.2 Å². The van der Waals surface area contributed by atoms with Crippen molar-refractivity contribution in [1.82, 2.24) is 15.0 Å². The summed E-state index contributed by atoms with van der Waals surface area (Å²) in [6.45, 7) is 6.43. The molecule has 0 spiro atoms. The minimum absolute atomic E-state index is 0.120. The fourth-order valence-corrected chi connectivity index (χ4v) is 3.18. The summed E-state index contributed by atoms with van der Waals surface area (Å²) < 4.78 is 11.1. The van der Waals surface area contributed by atoms with Crippen LogP contribution in [0.4, 0.5) is 0 Å². The highest BCUT2D eigenvalue weighted by Crippen LogP contribution is 2.22. The third kappa shape index (κ3) is 4.29. The van der Waals surface area contributed by atoms with Gasteiger partial charge in [0.1, 0.15) is 12.3 Å². The summed E-state index contributed by atoms with van der Waals surface area (Å²) in [6.07, 6.45) is -0.601. The molecule has 2 heterocycles. The molecular weight excluding hydrogens is 350 g/mol. The van der Waals surface area contributed by atoms with Gasteiger partial charge in [0.25, 0.3) is 5.91 Å². The highest BCUT2D eigenvalue weighted by molar-refractivity contribution is 7.13. The van der Waals surface area contributed by atoms with E-state index in [0.717, 1.165) is 10.4 Å². The second-order valence-electron chi connectivity index (χ2n) is 5.92. The van der Waals surface area contributed by atoms with Gasteiger partial charge >= 0.3 is 0 Å². The molecule has 0 aliphatic rings. The topological polar surface area (TPSA) is 68.5 Å². The number of ether oxygens (including phenoxy) is 1. The van der Waals surface area contributed by atoms with Crippen molar-refractivity contribution in [3.05, 3.63) is 53.2 Å². The molecule has 0 unspecified atom stereocenters. The maximum atomic E-state index is 12.7. The number of hydrogen-bond donors (Lipinski definition) is 0. The van der Waals surface area contributed by atoms with Crippen LogP contribution in [0.3, 0.4) is 0 Å². The molecule has 136 valence electrons. The van der Waals surface area contributed by atoms with E-state index < -0.39 is 6.10 Å². The van der Waals surface area contributed by atoms with E-state index in [0.29, 0.717) is 24.0 Å². The molecule has 1 aromatic carbocycles. The number of amides is 1. The fourth-order valence-electron chi connectivity index (χ4n) is 2.53. The number of carbonyl (C=O) groups is 1. The number of carbonyl (C=O) groups excluding carboxylic acids is 1. The largest absolute Gasteiger partial charge is 0.481 e. The molecular formula is C19H21N3O3S. The second kappa shape index (κ2) is 8.14. The number of rotatable bonds is 7. The predicted octanol–water partition coefficient (Wildman–Crippen LogP) is 3.92. The number of aromatic nitrogens is 2. The molecule has 0 radical (unpaired) electrons. The molecule has 1 atom stereocenters. The van der Waals surface area contributed by atoms with E-state index >= 15 is 0 Å². The van der Waals surface area contributed by atoms with Crippen LogP contribution in [0.2, 0.25) is 0 Å². The summed E-state index contributed by atoms with van der Waals surface area (Å²) >= 11 is 1.54. The smallest absolute Gasteiger partial charge is 0.263 e. The van der Waals surface area contributed by atoms with Crippen molar-refractivity contribution >= 4 is 17.2 Å². The molecule has 0 aliphatic heterocycles. The molecule has 0 N–H and O–H groups in total. The van der Waals surface area contributed by atoms with E-state index in [1.165, 1.54) is 0 Å². The number of aryl methyl sites for hydroxylation is 1.